The molecule has 0 saturated carbocycles. The standard InChI is InChI=1S/C29H22F6O4S/c1-19-3-9-25(10-4-19)39-40(36)26-17-15-24(16-18-26)38-23-13-7-21(8-14-23)27(28(30,31)32,29(33,34)35)20-5-11-22(37-2)12-6-20/h3-18H,1-2H3. The van der Waals surface area contributed by atoms with Crippen LogP contribution in [0.4, 0.5) is 26.3 Å². The Kier molecular flexibility index (Phi) is 8.15. The van der Waals surface area contributed by atoms with E-state index >= 15 is 0 Å². The lowest BCUT2D eigenvalue weighted by molar-refractivity contribution is -0.288. The van der Waals surface area contributed by atoms with Crippen molar-refractivity contribution in [2.45, 2.75) is 29.6 Å². The molecule has 0 aromatic heterocycles. The SMILES string of the molecule is COc1ccc(C(c2ccc(Oc3ccc(S(=O)Oc4ccc(C)cc4)cc3)cc2)(C(F)(F)F)C(F)(F)F)cc1. The number of ether oxygens (including phenoxy) is 2. The van der Waals surface area contributed by atoms with Crippen LogP contribution in [0.2, 0.25) is 0 Å². The minimum atomic E-state index is -5.71. The summed E-state index contributed by atoms with van der Waals surface area (Å²) in [6, 6.07) is 19.9. The van der Waals surface area contributed by atoms with Gasteiger partial charge in [-0.1, -0.05) is 42.0 Å². The average molecular weight is 581 g/mol. The predicted molar refractivity (Wildman–Crippen MR) is 137 cm³/mol. The van der Waals surface area contributed by atoms with Crippen molar-refractivity contribution >= 4 is 11.1 Å². The lowest BCUT2D eigenvalue weighted by atomic mass is 9.73. The highest BCUT2D eigenvalue weighted by Crippen LogP contribution is 2.56. The van der Waals surface area contributed by atoms with Crippen molar-refractivity contribution in [3.63, 3.8) is 0 Å². The second-order valence-electron chi connectivity index (χ2n) is 8.70. The lowest BCUT2D eigenvalue weighted by Crippen LogP contribution is -2.54. The van der Waals surface area contributed by atoms with Crippen LogP contribution in [0.25, 0.3) is 0 Å². The maximum Gasteiger partial charge on any atom is 0.411 e. The number of hydrogen-bond acceptors (Lipinski definition) is 4. The molecule has 0 amide bonds. The van der Waals surface area contributed by atoms with Gasteiger partial charge in [-0.05, 0) is 78.7 Å². The summed E-state index contributed by atoms with van der Waals surface area (Å²) in [4.78, 5) is 0.322. The smallest absolute Gasteiger partial charge is 0.411 e. The molecule has 4 nitrogen and oxygen atoms in total. The van der Waals surface area contributed by atoms with E-state index in [1.54, 1.807) is 24.3 Å². The molecule has 210 valence electrons. The Hall–Kier alpha value is -3.99. The molecular formula is C29H22F6O4S. The van der Waals surface area contributed by atoms with Crippen molar-refractivity contribution in [1.29, 1.82) is 0 Å². The Labute approximate surface area is 228 Å². The molecule has 0 aliphatic heterocycles. The quantitative estimate of drug-likeness (QED) is 0.197. The molecular weight excluding hydrogens is 558 g/mol. The summed E-state index contributed by atoms with van der Waals surface area (Å²) in [6.07, 6.45) is -11.4. The highest BCUT2D eigenvalue weighted by atomic mass is 32.2. The van der Waals surface area contributed by atoms with Crippen LogP contribution in [0.5, 0.6) is 23.0 Å². The number of methoxy groups -OCH3 is 1. The first kappa shape index (κ1) is 29.0. The van der Waals surface area contributed by atoms with E-state index in [1.165, 1.54) is 31.4 Å². The van der Waals surface area contributed by atoms with Crippen molar-refractivity contribution in [2.24, 2.45) is 0 Å². The Morgan fingerprint density at radius 2 is 0.975 bits per heavy atom. The van der Waals surface area contributed by atoms with Gasteiger partial charge in [-0.25, -0.2) is 4.21 Å². The van der Waals surface area contributed by atoms with Crippen molar-refractivity contribution < 1.29 is 44.2 Å². The lowest BCUT2D eigenvalue weighted by Gasteiger charge is -2.38. The largest absolute Gasteiger partial charge is 0.497 e. The molecule has 4 aromatic carbocycles. The molecule has 0 aliphatic rings. The van der Waals surface area contributed by atoms with Gasteiger partial charge < -0.3 is 13.7 Å². The molecule has 0 spiro atoms. The molecule has 0 radical (unpaired) electrons. The first-order chi connectivity index (χ1) is 18.8. The Bertz CT molecular complexity index is 1430. The van der Waals surface area contributed by atoms with Crippen LogP contribution in [0.3, 0.4) is 0 Å². The van der Waals surface area contributed by atoms with Crippen molar-refractivity contribution in [1.82, 2.24) is 0 Å². The van der Waals surface area contributed by atoms with Crippen molar-refractivity contribution in [3.8, 4) is 23.0 Å². The van der Waals surface area contributed by atoms with Crippen LogP contribution in [0.1, 0.15) is 16.7 Å². The van der Waals surface area contributed by atoms with E-state index in [0.717, 1.165) is 54.1 Å². The number of hydrogen-bond donors (Lipinski definition) is 0. The minimum absolute atomic E-state index is 0.00140. The van der Waals surface area contributed by atoms with Crippen LogP contribution in [-0.2, 0) is 16.5 Å². The first-order valence-electron chi connectivity index (χ1n) is 11.7. The third kappa shape index (κ3) is 5.79. The van der Waals surface area contributed by atoms with E-state index < -0.39 is 40.0 Å². The second kappa shape index (κ2) is 11.2. The summed E-state index contributed by atoms with van der Waals surface area (Å²) >= 11 is -1.82. The molecule has 0 aliphatic carbocycles. The molecule has 0 fully saturated rings. The van der Waals surface area contributed by atoms with Gasteiger partial charge in [0.2, 0.25) is 16.5 Å². The van der Waals surface area contributed by atoms with Gasteiger partial charge in [-0.2, -0.15) is 26.3 Å². The van der Waals surface area contributed by atoms with Gasteiger partial charge >= 0.3 is 12.4 Å². The summed E-state index contributed by atoms with van der Waals surface area (Å²) in [7, 11) is 1.25. The minimum Gasteiger partial charge on any atom is -0.497 e. The van der Waals surface area contributed by atoms with E-state index in [0.29, 0.717) is 10.6 Å². The summed E-state index contributed by atoms with van der Waals surface area (Å²) in [5.41, 5.74) is -5.30. The molecule has 11 heteroatoms. The number of aryl methyl sites for hydroxylation is 1. The first-order valence-corrected chi connectivity index (χ1v) is 12.8. The molecule has 1 atom stereocenters. The fourth-order valence-electron chi connectivity index (χ4n) is 4.08. The molecule has 40 heavy (non-hydrogen) atoms. The number of alkyl halides is 6. The third-order valence-corrected chi connectivity index (χ3v) is 7.11. The zero-order valence-corrected chi connectivity index (χ0v) is 21.9. The molecule has 0 heterocycles. The summed E-state index contributed by atoms with van der Waals surface area (Å²) in [5, 5.41) is 0. The number of rotatable bonds is 8. The van der Waals surface area contributed by atoms with Gasteiger partial charge in [0.05, 0.1) is 12.0 Å². The van der Waals surface area contributed by atoms with E-state index in [2.05, 4.69) is 0 Å². The van der Waals surface area contributed by atoms with Gasteiger partial charge in [0, 0.05) is 0 Å². The number of benzene rings is 4. The second-order valence-corrected chi connectivity index (χ2v) is 9.81. The van der Waals surface area contributed by atoms with Gasteiger partial charge in [0.1, 0.15) is 23.0 Å². The number of halogens is 6. The van der Waals surface area contributed by atoms with Crippen LogP contribution in [0, 0.1) is 6.92 Å². The summed E-state index contributed by atoms with van der Waals surface area (Å²) < 4.78 is 114. The van der Waals surface area contributed by atoms with Crippen LogP contribution in [-0.4, -0.2) is 23.7 Å². The van der Waals surface area contributed by atoms with Crippen molar-refractivity contribution in [3.05, 3.63) is 114 Å². The van der Waals surface area contributed by atoms with Gasteiger partial charge in [0.25, 0.3) is 0 Å². The van der Waals surface area contributed by atoms with E-state index in [1.807, 2.05) is 6.92 Å². The highest BCUT2D eigenvalue weighted by molar-refractivity contribution is 7.80. The topological polar surface area (TPSA) is 44.8 Å². The Balaban J connectivity index is 1.57. The third-order valence-electron chi connectivity index (χ3n) is 6.11. The maximum atomic E-state index is 14.3. The highest BCUT2D eigenvalue weighted by Gasteiger charge is 2.72. The van der Waals surface area contributed by atoms with E-state index in [-0.39, 0.29) is 17.2 Å². The zero-order valence-electron chi connectivity index (χ0n) is 21.0. The van der Waals surface area contributed by atoms with Gasteiger partial charge in [-0.3, -0.25) is 0 Å². The molecule has 4 rings (SSSR count). The molecule has 0 saturated heterocycles. The van der Waals surface area contributed by atoms with Crippen LogP contribution >= 0.6 is 0 Å². The predicted octanol–water partition coefficient (Wildman–Crippen LogP) is 8.31. The zero-order chi connectivity index (χ0) is 29.1. The molecule has 1 unspecified atom stereocenters. The normalized spacial score (nSPS) is 13.0. The fourth-order valence-corrected chi connectivity index (χ4v) is 4.82. The van der Waals surface area contributed by atoms with Gasteiger partial charge in [-0.15, -0.1) is 0 Å². The van der Waals surface area contributed by atoms with Crippen LogP contribution in [0.15, 0.2) is 102 Å². The summed E-state index contributed by atoms with van der Waals surface area (Å²) in [6.45, 7) is 1.90. The Morgan fingerprint density at radius 1 is 0.575 bits per heavy atom. The molecule has 0 N–H and O–H groups in total. The summed E-state index contributed by atoms with van der Waals surface area (Å²) in [5.74, 6) is 0.744. The van der Waals surface area contributed by atoms with Gasteiger partial charge in [0.15, 0.2) is 0 Å². The maximum absolute atomic E-state index is 14.3. The van der Waals surface area contributed by atoms with Crippen molar-refractivity contribution in [2.75, 3.05) is 7.11 Å². The van der Waals surface area contributed by atoms with Crippen LogP contribution < -0.4 is 13.7 Å². The average Bonchev–Trinajstić information content (AvgIpc) is 2.90. The monoisotopic (exact) mass is 580 g/mol. The molecule has 0 bridgehead atoms. The molecule has 4 aromatic rings. The van der Waals surface area contributed by atoms with E-state index in [9.17, 15) is 30.6 Å². The van der Waals surface area contributed by atoms with E-state index in [4.69, 9.17) is 13.7 Å². The fraction of sp³-hybridized carbons (Fsp3) is 0.172. The Morgan fingerprint density at radius 3 is 1.40 bits per heavy atom.